The van der Waals surface area contributed by atoms with Gasteiger partial charge in [0.25, 0.3) is 10.0 Å². The normalized spacial score (nSPS) is 11.4. The Balaban J connectivity index is 2.32. The van der Waals surface area contributed by atoms with Gasteiger partial charge in [0.1, 0.15) is 6.54 Å². The van der Waals surface area contributed by atoms with Crippen LogP contribution >= 0.6 is 0 Å². The first kappa shape index (κ1) is 20.9. The Morgan fingerprint density at radius 2 is 1.67 bits per heavy atom. The minimum absolute atomic E-state index is 0.163. The SMILES string of the molecule is Cc1ccc(S(=O)(=O)N(CC(=O)NCCN(C)C)c2cccc(C)c2)cc1. The molecule has 0 radical (unpaired) electrons. The minimum Gasteiger partial charge on any atom is -0.353 e. The summed E-state index contributed by atoms with van der Waals surface area (Å²) in [6.07, 6.45) is 0. The summed E-state index contributed by atoms with van der Waals surface area (Å²) in [5.41, 5.74) is 2.36. The van der Waals surface area contributed by atoms with Gasteiger partial charge in [0, 0.05) is 13.1 Å². The van der Waals surface area contributed by atoms with Crippen LogP contribution in [-0.2, 0) is 14.8 Å². The van der Waals surface area contributed by atoms with Crippen LogP contribution in [0.3, 0.4) is 0 Å². The van der Waals surface area contributed by atoms with E-state index in [9.17, 15) is 13.2 Å². The first-order valence-corrected chi connectivity index (χ1v) is 10.2. The van der Waals surface area contributed by atoms with Gasteiger partial charge in [0.15, 0.2) is 0 Å². The zero-order valence-corrected chi connectivity index (χ0v) is 17.1. The van der Waals surface area contributed by atoms with Gasteiger partial charge in [-0.15, -0.1) is 0 Å². The molecule has 0 fully saturated rings. The molecule has 27 heavy (non-hydrogen) atoms. The average molecular weight is 390 g/mol. The zero-order chi connectivity index (χ0) is 20.0. The van der Waals surface area contributed by atoms with Crippen LogP contribution in [0, 0.1) is 13.8 Å². The number of amides is 1. The van der Waals surface area contributed by atoms with E-state index in [-0.39, 0.29) is 17.3 Å². The van der Waals surface area contributed by atoms with E-state index in [1.807, 2.05) is 38.9 Å². The number of hydrogen-bond acceptors (Lipinski definition) is 4. The van der Waals surface area contributed by atoms with E-state index in [4.69, 9.17) is 0 Å². The van der Waals surface area contributed by atoms with Gasteiger partial charge in [-0.3, -0.25) is 9.10 Å². The second kappa shape index (κ2) is 9.01. The summed E-state index contributed by atoms with van der Waals surface area (Å²) in [5, 5.41) is 2.77. The number of sulfonamides is 1. The van der Waals surface area contributed by atoms with Crippen molar-refractivity contribution in [3.8, 4) is 0 Å². The van der Waals surface area contributed by atoms with Crippen molar-refractivity contribution >= 4 is 21.6 Å². The maximum atomic E-state index is 13.2. The summed E-state index contributed by atoms with van der Waals surface area (Å²) >= 11 is 0. The number of likely N-dealkylation sites (N-methyl/N-ethyl adjacent to an activating group) is 1. The molecule has 0 bridgehead atoms. The molecule has 0 spiro atoms. The summed E-state index contributed by atoms with van der Waals surface area (Å²) in [6, 6.07) is 13.8. The molecule has 0 unspecified atom stereocenters. The van der Waals surface area contributed by atoms with Crippen molar-refractivity contribution in [2.75, 3.05) is 38.0 Å². The van der Waals surface area contributed by atoms with Crippen LogP contribution in [0.4, 0.5) is 5.69 Å². The molecule has 0 aromatic heterocycles. The average Bonchev–Trinajstić information content (AvgIpc) is 2.59. The number of rotatable bonds is 8. The highest BCUT2D eigenvalue weighted by Crippen LogP contribution is 2.24. The van der Waals surface area contributed by atoms with Gasteiger partial charge < -0.3 is 10.2 Å². The molecule has 2 aromatic carbocycles. The quantitative estimate of drug-likeness (QED) is 0.751. The molecule has 1 amide bonds. The number of anilines is 1. The third-order valence-electron chi connectivity index (χ3n) is 4.07. The molecule has 0 aliphatic heterocycles. The number of aryl methyl sites for hydroxylation is 2. The minimum atomic E-state index is -3.86. The van der Waals surface area contributed by atoms with Gasteiger partial charge in [0.2, 0.25) is 5.91 Å². The summed E-state index contributed by atoms with van der Waals surface area (Å²) in [4.78, 5) is 14.5. The number of benzene rings is 2. The van der Waals surface area contributed by atoms with Gasteiger partial charge in [-0.1, -0.05) is 29.8 Å². The lowest BCUT2D eigenvalue weighted by Gasteiger charge is -2.24. The van der Waals surface area contributed by atoms with E-state index in [0.29, 0.717) is 18.8 Å². The summed E-state index contributed by atoms with van der Waals surface area (Å²) in [7, 11) is -0.0424. The number of carbonyl (C=O) groups is 1. The molecule has 1 N–H and O–H groups in total. The Hall–Kier alpha value is -2.38. The van der Waals surface area contributed by atoms with Gasteiger partial charge in [-0.2, -0.15) is 0 Å². The van der Waals surface area contributed by atoms with Crippen molar-refractivity contribution in [2.45, 2.75) is 18.7 Å². The molecular weight excluding hydrogens is 362 g/mol. The molecule has 0 saturated carbocycles. The second-order valence-electron chi connectivity index (χ2n) is 6.82. The fourth-order valence-corrected chi connectivity index (χ4v) is 3.95. The maximum absolute atomic E-state index is 13.2. The fraction of sp³-hybridized carbons (Fsp3) is 0.350. The van der Waals surface area contributed by atoms with Crippen LogP contribution in [-0.4, -0.2) is 53.0 Å². The molecular formula is C20H27N3O3S. The first-order chi connectivity index (χ1) is 12.7. The highest BCUT2D eigenvalue weighted by atomic mass is 32.2. The van der Waals surface area contributed by atoms with Crippen molar-refractivity contribution in [2.24, 2.45) is 0 Å². The first-order valence-electron chi connectivity index (χ1n) is 8.77. The lowest BCUT2D eigenvalue weighted by molar-refractivity contribution is -0.119. The van der Waals surface area contributed by atoms with Crippen LogP contribution < -0.4 is 9.62 Å². The Morgan fingerprint density at radius 1 is 1.00 bits per heavy atom. The third-order valence-corrected chi connectivity index (χ3v) is 5.86. The highest BCUT2D eigenvalue weighted by Gasteiger charge is 2.27. The van der Waals surface area contributed by atoms with Gasteiger partial charge in [-0.05, 0) is 57.8 Å². The van der Waals surface area contributed by atoms with Crippen LogP contribution in [0.25, 0.3) is 0 Å². The lowest BCUT2D eigenvalue weighted by Crippen LogP contribution is -2.42. The van der Waals surface area contributed by atoms with Crippen molar-refractivity contribution in [3.63, 3.8) is 0 Å². The monoisotopic (exact) mass is 389 g/mol. The summed E-state index contributed by atoms with van der Waals surface area (Å²) < 4.78 is 27.6. The Kier molecular flexibility index (Phi) is 6.98. The maximum Gasteiger partial charge on any atom is 0.264 e. The highest BCUT2D eigenvalue weighted by molar-refractivity contribution is 7.92. The van der Waals surface area contributed by atoms with E-state index in [1.165, 1.54) is 0 Å². The molecule has 0 aliphatic rings. The smallest absolute Gasteiger partial charge is 0.264 e. The predicted molar refractivity (Wildman–Crippen MR) is 108 cm³/mol. The van der Waals surface area contributed by atoms with Gasteiger partial charge in [0.05, 0.1) is 10.6 Å². The Morgan fingerprint density at radius 3 is 2.26 bits per heavy atom. The standard InChI is InChI=1S/C20H27N3O3S/c1-16-8-10-19(11-9-16)27(25,26)23(18-7-5-6-17(2)14-18)15-20(24)21-12-13-22(3)4/h5-11,14H,12-13,15H2,1-4H3,(H,21,24). The van der Waals surface area contributed by atoms with Crippen LogP contribution in [0.5, 0.6) is 0 Å². The zero-order valence-electron chi connectivity index (χ0n) is 16.3. The van der Waals surface area contributed by atoms with Crippen LogP contribution in [0.1, 0.15) is 11.1 Å². The van der Waals surface area contributed by atoms with E-state index in [0.717, 1.165) is 15.4 Å². The van der Waals surface area contributed by atoms with Crippen molar-refractivity contribution in [3.05, 3.63) is 59.7 Å². The molecule has 2 aromatic rings. The van der Waals surface area contributed by atoms with Crippen molar-refractivity contribution in [1.82, 2.24) is 10.2 Å². The number of nitrogens with one attached hydrogen (secondary N) is 1. The fourth-order valence-electron chi connectivity index (χ4n) is 2.54. The molecule has 146 valence electrons. The third kappa shape index (κ3) is 5.80. The Bertz CT molecular complexity index is 878. The van der Waals surface area contributed by atoms with Crippen LogP contribution in [0.2, 0.25) is 0 Å². The summed E-state index contributed by atoms with van der Waals surface area (Å²) in [5.74, 6) is -0.339. The van der Waals surface area contributed by atoms with Crippen LogP contribution in [0.15, 0.2) is 53.4 Å². The molecule has 2 rings (SSSR count). The van der Waals surface area contributed by atoms with Gasteiger partial charge in [-0.25, -0.2) is 8.42 Å². The number of hydrogen-bond donors (Lipinski definition) is 1. The molecule has 6 nitrogen and oxygen atoms in total. The van der Waals surface area contributed by atoms with Gasteiger partial charge >= 0.3 is 0 Å². The van der Waals surface area contributed by atoms with E-state index >= 15 is 0 Å². The molecule has 0 aliphatic carbocycles. The van der Waals surface area contributed by atoms with E-state index in [2.05, 4.69) is 5.32 Å². The number of nitrogens with zero attached hydrogens (tertiary/aromatic N) is 2. The molecule has 0 saturated heterocycles. The summed E-state index contributed by atoms with van der Waals surface area (Å²) in [6.45, 7) is 4.65. The Labute approximate surface area is 161 Å². The molecule has 0 atom stereocenters. The second-order valence-corrected chi connectivity index (χ2v) is 8.68. The number of carbonyl (C=O) groups excluding carboxylic acids is 1. The van der Waals surface area contributed by atoms with E-state index < -0.39 is 10.0 Å². The molecule has 7 heteroatoms. The lowest BCUT2D eigenvalue weighted by atomic mass is 10.2. The van der Waals surface area contributed by atoms with Crippen molar-refractivity contribution in [1.29, 1.82) is 0 Å². The van der Waals surface area contributed by atoms with Crippen molar-refractivity contribution < 1.29 is 13.2 Å². The largest absolute Gasteiger partial charge is 0.353 e. The molecule has 0 heterocycles. The topological polar surface area (TPSA) is 69.7 Å². The predicted octanol–water partition coefficient (Wildman–Crippen LogP) is 2.18. The van der Waals surface area contributed by atoms with E-state index in [1.54, 1.807) is 42.5 Å².